The van der Waals surface area contributed by atoms with Crippen LogP contribution in [0.2, 0.25) is 0 Å². The number of aromatic nitrogens is 2. The van der Waals surface area contributed by atoms with Gasteiger partial charge in [0.2, 0.25) is 11.9 Å². The fourth-order valence-corrected chi connectivity index (χ4v) is 3.48. The smallest absolute Gasteiger partial charge is 0.230 e. The Morgan fingerprint density at radius 2 is 1.93 bits per heavy atom. The van der Waals surface area contributed by atoms with Crippen LogP contribution in [0.15, 0.2) is 18.3 Å². The van der Waals surface area contributed by atoms with Crippen molar-refractivity contribution < 1.29 is 18.7 Å². The summed E-state index contributed by atoms with van der Waals surface area (Å²) in [7, 11) is 1.69. The molecule has 1 aliphatic rings. The quantitative estimate of drug-likeness (QED) is 0.743. The zero-order chi connectivity index (χ0) is 20.6. The molecule has 3 rings (SSSR count). The molecule has 8 heteroatoms. The average molecular weight is 390 g/mol. The van der Waals surface area contributed by atoms with Crippen molar-refractivity contribution in [3.05, 3.63) is 35.7 Å². The highest BCUT2D eigenvalue weighted by molar-refractivity contribution is 5.97. The molecule has 1 aromatic heterocycles. The monoisotopic (exact) mass is 390 g/mol. The van der Waals surface area contributed by atoms with Gasteiger partial charge < -0.3 is 15.3 Å². The zero-order valence-corrected chi connectivity index (χ0v) is 16.3. The number of benzene rings is 1. The fraction of sp³-hybridized carbons (Fsp3) is 0.450. The van der Waals surface area contributed by atoms with Gasteiger partial charge in [0.25, 0.3) is 0 Å². The number of hydrogen-bond acceptors (Lipinski definition) is 5. The summed E-state index contributed by atoms with van der Waals surface area (Å²) in [6, 6.07) is 1.94. The predicted molar refractivity (Wildman–Crippen MR) is 103 cm³/mol. The van der Waals surface area contributed by atoms with E-state index in [-0.39, 0.29) is 29.4 Å². The standard InChI is InChI=1S/C20H24F2N4O2/c1-10(2)5-6-13-11(3)19(28)26(4)16-9-23-20(25-17(13)16)24-12-7-14(21)18(27)15(22)8-12/h7-11,13,27H,5-6H2,1-4H3,(H,23,24,25). The van der Waals surface area contributed by atoms with E-state index >= 15 is 0 Å². The van der Waals surface area contributed by atoms with Gasteiger partial charge in [-0.2, -0.15) is 0 Å². The number of nitrogens with zero attached hydrogens (tertiary/aromatic N) is 3. The van der Waals surface area contributed by atoms with Gasteiger partial charge in [0.1, 0.15) is 0 Å². The number of hydrogen-bond donors (Lipinski definition) is 2. The number of phenols is 1. The van der Waals surface area contributed by atoms with Crippen LogP contribution in [-0.4, -0.2) is 28.0 Å². The molecule has 2 aromatic rings. The molecule has 1 amide bonds. The lowest BCUT2D eigenvalue weighted by atomic mass is 9.81. The molecule has 2 N–H and O–H groups in total. The molecule has 28 heavy (non-hydrogen) atoms. The summed E-state index contributed by atoms with van der Waals surface area (Å²) in [5, 5.41) is 12.0. The van der Waals surface area contributed by atoms with Crippen molar-refractivity contribution in [1.29, 1.82) is 0 Å². The number of anilines is 3. The van der Waals surface area contributed by atoms with Crippen LogP contribution in [-0.2, 0) is 4.79 Å². The lowest BCUT2D eigenvalue weighted by molar-refractivity contribution is -0.122. The van der Waals surface area contributed by atoms with E-state index in [0.717, 1.165) is 30.7 Å². The third-order valence-corrected chi connectivity index (χ3v) is 5.16. The molecule has 2 unspecified atom stereocenters. The van der Waals surface area contributed by atoms with Crippen LogP contribution in [0.25, 0.3) is 0 Å². The second-order valence-electron chi connectivity index (χ2n) is 7.64. The fourth-order valence-electron chi connectivity index (χ4n) is 3.48. The number of carbonyl (C=O) groups is 1. The predicted octanol–water partition coefficient (Wildman–Crippen LogP) is 4.34. The van der Waals surface area contributed by atoms with Crippen molar-refractivity contribution in [3.8, 4) is 5.75 Å². The van der Waals surface area contributed by atoms with Gasteiger partial charge in [0.05, 0.1) is 17.6 Å². The molecule has 0 fully saturated rings. The van der Waals surface area contributed by atoms with Crippen molar-refractivity contribution in [2.75, 3.05) is 17.3 Å². The lowest BCUT2D eigenvalue weighted by Crippen LogP contribution is -2.40. The maximum Gasteiger partial charge on any atom is 0.230 e. The highest BCUT2D eigenvalue weighted by Crippen LogP contribution is 2.41. The molecular formula is C20H24F2N4O2. The number of amides is 1. The van der Waals surface area contributed by atoms with Crippen LogP contribution < -0.4 is 10.2 Å². The topological polar surface area (TPSA) is 78.4 Å². The Hall–Kier alpha value is -2.77. The largest absolute Gasteiger partial charge is 0.503 e. The zero-order valence-electron chi connectivity index (χ0n) is 16.3. The minimum Gasteiger partial charge on any atom is -0.503 e. The first-order chi connectivity index (χ1) is 13.2. The molecule has 150 valence electrons. The molecule has 2 atom stereocenters. The molecular weight excluding hydrogens is 366 g/mol. The van der Waals surface area contributed by atoms with Gasteiger partial charge in [-0.15, -0.1) is 0 Å². The van der Waals surface area contributed by atoms with Gasteiger partial charge in [-0.3, -0.25) is 4.79 Å². The van der Waals surface area contributed by atoms with E-state index in [4.69, 9.17) is 0 Å². The van der Waals surface area contributed by atoms with Crippen molar-refractivity contribution in [2.45, 2.75) is 39.5 Å². The Morgan fingerprint density at radius 1 is 1.29 bits per heavy atom. The molecule has 0 saturated carbocycles. The summed E-state index contributed by atoms with van der Waals surface area (Å²) < 4.78 is 27.2. The first kappa shape index (κ1) is 20.0. The minimum absolute atomic E-state index is 0.0215. The summed E-state index contributed by atoms with van der Waals surface area (Å²) in [6.45, 7) is 6.15. The van der Waals surface area contributed by atoms with E-state index < -0.39 is 17.4 Å². The molecule has 0 spiro atoms. The molecule has 0 aliphatic carbocycles. The third-order valence-electron chi connectivity index (χ3n) is 5.16. The van der Waals surface area contributed by atoms with E-state index in [1.165, 1.54) is 0 Å². The van der Waals surface area contributed by atoms with Gasteiger partial charge in [0.15, 0.2) is 17.4 Å². The second kappa shape index (κ2) is 7.69. The normalized spacial score (nSPS) is 19.1. The van der Waals surface area contributed by atoms with Gasteiger partial charge in [-0.25, -0.2) is 18.7 Å². The number of fused-ring (bicyclic) bond motifs is 1. The highest BCUT2D eigenvalue weighted by Gasteiger charge is 2.37. The van der Waals surface area contributed by atoms with Crippen molar-refractivity contribution in [1.82, 2.24) is 9.97 Å². The van der Waals surface area contributed by atoms with Crippen LogP contribution in [0.3, 0.4) is 0 Å². The number of nitrogens with one attached hydrogen (secondary N) is 1. The molecule has 1 aromatic carbocycles. The first-order valence-electron chi connectivity index (χ1n) is 9.28. The average Bonchev–Trinajstić information content (AvgIpc) is 2.64. The van der Waals surface area contributed by atoms with Crippen LogP contribution in [0.1, 0.15) is 45.2 Å². The Balaban J connectivity index is 1.96. The maximum absolute atomic E-state index is 13.6. The van der Waals surface area contributed by atoms with E-state index in [1.54, 1.807) is 18.1 Å². The van der Waals surface area contributed by atoms with Gasteiger partial charge in [-0.1, -0.05) is 27.2 Å². The van der Waals surface area contributed by atoms with E-state index in [2.05, 4.69) is 29.1 Å². The Bertz CT molecular complexity index is 881. The molecule has 2 heterocycles. The highest BCUT2D eigenvalue weighted by atomic mass is 19.1. The van der Waals surface area contributed by atoms with Gasteiger partial charge in [0, 0.05) is 36.7 Å². The van der Waals surface area contributed by atoms with Crippen LogP contribution in [0, 0.1) is 23.5 Å². The van der Waals surface area contributed by atoms with Crippen LogP contribution >= 0.6 is 0 Å². The maximum atomic E-state index is 13.6. The van der Waals surface area contributed by atoms with E-state index in [0.29, 0.717) is 11.6 Å². The van der Waals surface area contributed by atoms with Crippen molar-refractivity contribution in [2.24, 2.45) is 11.8 Å². The third kappa shape index (κ3) is 3.76. The molecule has 0 bridgehead atoms. The second-order valence-corrected chi connectivity index (χ2v) is 7.64. The minimum atomic E-state index is -1.07. The number of phenolic OH excluding ortho intramolecular Hbond substituents is 1. The van der Waals surface area contributed by atoms with E-state index in [9.17, 15) is 18.7 Å². The number of rotatable bonds is 5. The van der Waals surface area contributed by atoms with Crippen LogP contribution in [0.4, 0.5) is 26.1 Å². The molecule has 0 radical (unpaired) electrons. The van der Waals surface area contributed by atoms with Crippen LogP contribution in [0.5, 0.6) is 5.75 Å². The molecule has 1 aliphatic heterocycles. The number of halogens is 2. The Labute approximate surface area is 162 Å². The summed E-state index contributed by atoms with van der Waals surface area (Å²) in [6.07, 6.45) is 3.31. The lowest BCUT2D eigenvalue weighted by Gasteiger charge is -2.35. The Morgan fingerprint density at radius 3 is 2.54 bits per heavy atom. The number of carbonyl (C=O) groups excluding carboxylic acids is 1. The Kier molecular flexibility index (Phi) is 5.49. The van der Waals surface area contributed by atoms with Crippen molar-refractivity contribution >= 4 is 23.2 Å². The number of aromatic hydroxyl groups is 1. The molecule has 6 nitrogen and oxygen atoms in total. The van der Waals surface area contributed by atoms with Crippen molar-refractivity contribution in [3.63, 3.8) is 0 Å². The van der Waals surface area contributed by atoms with Gasteiger partial charge in [-0.05, 0) is 12.3 Å². The van der Waals surface area contributed by atoms with Gasteiger partial charge >= 0.3 is 0 Å². The van der Waals surface area contributed by atoms with E-state index in [1.807, 2.05) is 6.92 Å². The molecule has 0 saturated heterocycles. The SMILES string of the molecule is CC(C)CCC1c2nc(Nc3cc(F)c(O)c(F)c3)ncc2N(C)C(=O)C1C. The summed E-state index contributed by atoms with van der Waals surface area (Å²) in [5.74, 6) is -2.77. The summed E-state index contributed by atoms with van der Waals surface area (Å²) in [5.41, 5.74) is 1.47. The summed E-state index contributed by atoms with van der Waals surface area (Å²) in [4.78, 5) is 22.9. The first-order valence-corrected chi connectivity index (χ1v) is 9.28. The summed E-state index contributed by atoms with van der Waals surface area (Å²) >= 11 is 0.